The second-order valence-electron chi connectivity index (χ2n) is 7.48. The summed E-state index contributed by atoms with van der Waals surface area (Å²) >= 11 is 1.51. The number of thioether (sulfide) groups is 1. The summed E-state index contributed by atoms with van der Waals surface area (Å²) in [5.41, 5.74) is 0.424. The Hall–Kier alpha value is -1.87. The molecule has 0 radical (unpaired) electrons. The fourth-order valence-electron chi connectivity index (χ4n) is 2.80. The highest BCUT2D eigenvalue weighted by molar-refractivity contribution is 7.99. The van der Waals surface area contributed by atoms with Crippen molar-refractivity contribution >= 4 is 28.9 Å². The molecular formula is C18H24F2N4O2S. The molecule has 1 aromatic heterocycles. The molecule has 1 aromatic carbocycles. The molecule has 1 fully saturated rings. The van der Waals surface area contributed by atoms with Crippen molar-refractivity contribution in [2.75, 3.05) is 38.5 Å². The van der Waals surface area contributed by atoms with Gasteiger partial charge in [-0.05, 0) is 20.8 Å². The number of amides is 1. The monoisotopic (exact) mass is 398 g/mol. The average molecular weight is 398 g/mol. The molecule has 1 N–H and O–H groups in total. The van der Waals surface area contributed by atoms with Crippen molar-refractivity contribution in [3.63, 3.8) is 0 Å². The zero-order valence-electron chi connectivity index (χ0n) is 15.7. The molecule has 0 aliphatic carbocycles. The van der Waals surface area contributed by atoms with Crippen molar-refractivity contribution < 1.29 is 18.3 Å². The van der Waals surface area contributed by atoms with E-state index in [1.54, 1.807) is 4.90 Å². The molecule has 1 aliphatic rings. The molecule has 6 nitrogen and oxygen atoms in total. The summed E-state index contributed by atoms with van der Waals surface area (Å²) in [5.74, 6) is -0.990. The highest BCUT2D eigenvalue weighted by Crippen LogP contribution is 2.22. The summed E-state index contributed by atoms with van der Waals surface area (Å²) in [7, 11) is 0. The minimum atomic E-state index is -0.895. The Morgan fingerprint density at radius 3 is 2.56 bits per heavy atom. The summed E-state index contributed by atoms with van der Waals surface area (Å²) in [6.45, 7) is 9.28. The Balaban J connectivity index is 1.44. The number of nitrogens with zero attached hydrogens (tertiary/aromatic N) is 3. The van der Waals surface area contributed by atoms with Gasteiger partial charge in [-0.15, -0.1) is 0 Å². The standard InChI is InChI=1S/C18H24F2N4O2S/c1-18(2,3)26-17(25)24-6-4-23(5-7-24)8-9-27-16-21-14-10-12(19)13(20)11-15(14)22-16/h10-11H,4-9H2,1-3H3,(H,21,22). The van der Waals surface area contributed by atoms with Crippen molar-refractivity contribution in [3.8, 4) is 0 Å². The number of halogens is 2. The van der Waals surface area contributed by atoms with Crippen LogP contribution in [0.4, 0.5) is 13.6 Å². The van der Waals surface area contributed by atoms with E-state index in [2.05, 4.69) is 14.9 Å². The Morgan fingerprint density at radius 1 is 1.22 bits per heavy atom. The van der Waals surface area contributed by atoms with Crippen LogP contribution in [0.1, 0.15) is 20.8 Å². The van der Waals surface area contributed by atoms with E-state index in [-0.39, 0.29) is 6.09 Å². The minimum Gasteiger partial charge on any atom is -0.444 e. The van der Waals surface area contributed by atoms with Gasteiger partial charge >= 0.3 is 6.09 Å². The molecule has 0 bridgehead atoms. The van der Waals surface area contributed by atoms with Gasteiger partial charge in [0.05, 0.1) is 11.0 Å². The highest BCUT2D eigenvalue weighted by Gasteiger charge is 2.25. The van der Waals surface area contributed by atoms with Gasteiger partial charge in [-0.2, -0.15) is 0 Å². The smallest absolute Gasteiger partial charge is 0.410 e. The van der Waals surface area contributed by atoms with Gasteiger partial charge in [0.1, 0.15) is 5.60 Å². The van der Waals surface area contributed by atoms with Crippen LogP contribution in [0.25, 0.3) is 11.0 Å². The van der Waals surface area contributed by atoms with Crippen LogP contribution in [0.3, 0.4) is 0 Å². The topological polar surface area (TPSA) is 61.5 Å². The molecule has 3 rings (SSSR count). The van der Waals surface area contributed by atoms with E-state index < -0.39 is 17.2 Å². The Labute approximate surface area is 161 Å². The summed E-state index contributed by atoms with van der Waals surface area (Å²) in [4.78, 5) is 23.4. The van der Waals surface area contributed by atoms with Gasteiger partial charge < -0.3 is 14.6 Å². The van der Waals surface area contributed by atoms with Crippen LogP contribution >= 0.6 is 11.8 Å². The molecular weight excluding hydrogens is 374 g/mol. The van der Waals surface area contributed by atoms with Crippen LogP contribution in [0, 0.1) is 11.6 Å². The van der Waals surface area contributed by atoms with E-state index in [1.807, 2.05) is 20.8 Å². The van der Waals surface area contributed by atoms with E-state index in [9.17, 15) is 13.6 Å². The predicted molar refractivity (Wildman–Crippen MR) is 101 cm³/mol. The number of carbonyl (C=O) groups excluding carboxylic acids is 1. The van der Waals surface area contributed by atoms with Gasteiger partial charge in [0.15, 0.2) is 16.8 Å². The average Bonchev–Trinajstić information content (AvgIpc) is 2.96. The molecule has 0 saturated carbocycles. The summed E-state index contributed by atoms with van der Waals surface area (Å²) in [6, 6.07) is 2.22. The predicted octanol–water partition coefficient (Wildman–Crippen LogP) is 3.49. The molecule has 9 heteroatoms. The van der Waals surface area contributed by atoms with Gasteiger partial charge in [-0.3, -0.25) is 4.90 Å². The molecule has 148 valence electrons. The Kier molecular flexibility index (Phi) is 5.90. The lowest BCUT2D eigenvalue weighted by Crippen LogP contribution is -2.50. The minimum absolute atomic E-state index is 0.265. The number of hydrogen-bond acceptors (Lipinski definition) is 5. The normalized spacial score (nSPS) is 16.1. The Morgan fingerprint density at radius 2 is 1.89 bits per heavy atom. The van der Waals surface area contributed by atoms with E-state index in [0.717, 1.165) is 37.5 Å². The number of benzene rings is 1. The number of fused-ring (bicyclic) bond motifs is 1. The van der Waals surface area contributed by atoms with Crippen molar-refractivity contribution in [1.29, 1.82) is 0 Å². The lowest BCUT2D eigenvalue weighted by molar-refractivity contribution is 0.0150. The van der Waals surface area contributed by atoms with Crippen LogP contribution in [-0.4, -0.2) is 69.9 Å². The van der Waals surface area contributed by atoms with Crippen LogP contribution in [-0.2, 0) is 4.74 Å². The SMILES string of the molecule is CC(C)(C)OC(=O)N1CCN(CCSc2nc3cc(F)c(F)cc3[nH]2)CC1. The molecule has 1 amide bonds. The molecule has 2 aromatic rings. The summed E-state index contributed by atoms with van der Waals surface area (Å²) < 4.78 is 31.9. The van der Waals surface area contributed by atoms with Crippen molar-refractivity contribution in [3.05, 3.63) is 23.8 Å². The summed E-state index contributed by atoms with van der Waals surface area (Å²) in [5, 5.41) is 0.641. The molecule has 0 atom stereocenters. The van der Waals surface area contributed by atoms with Gasteiger partial charge in [-0.1, -0.05) is 11.8 Å². The number of aromatic amines is 1. The molecule has 2 heterocycles. The zero-order chi connectivity index (χ0) is 19.6. The maximum Gasteiger partial charge on any atom is 0.410 e. The lowest BCUT2D eigenvalue weighted by Gasteiger charge is -2.35. The second kappa shape index (κ2) is 8.02. The number of H-pyrrole nitrogens is 1. The third-order valence-corrected chi connectivity index (χ3v) is 5.03. The summed E-state index contributed by atoms with van der Waals surface area (Å²) in [6.07, 6.45) is -0.265. The van der Waals surface area contributed by atoms with Crippen LogP contribution < -0.4 is 0 Å². The number of ether oxygens (including phenoxy) is 1. The van der Waals surface area contributed by atoms with Crippen molar-refractivity contribution in [1.82, 2.24) is 19.8 Å². The third kappa shape index (κ3) is 5.32. The van der Waals surface area contributed by atoms with E-state index in [4.69, 9.17) is 4.74 Å². The molecule has 0 spiro atoms. The number of piperazine rings is 1. The maximum atomic E-state index is 13.3. The first kappa shape index (κ1) is 19.9. The maximum absolute atomic E-state index is 13.3. The van der Waals surface area contributed by atoms with Crippen molar-refractivity contribution in [2.24, 2.45) is 0 Å². The fraction of sp³-hybridized carbons (Fsp3) is 0.556. The third-order valence-electron chi connectivity index (χ3n) is 4.17. The van der Waals surface area contributed by atoms with E-state index in [0.29, 0.717) is 29.3 Å². The molecule has 1 aliphatic heterocycles. The number of carbonyl (C=O) groups is 1. The number of nitrogens with one attached hydrogen (secondary N) is 1. The quantitative estimate of drug-likeness (QED) is 0.799. The first-order chi connectivity index (χ1) is 12.7. The number of aromatic nitrogens is 2. The largest absolute Gasteiger partial charge is 0.444 e. The zero-order valence-corrected chi connectivity index (χ0v) is 16.5. The van der Waals surface area contributed by atoms with Gasteiger partial charge in [-0.25, -0.2) is 18.6 Å². The van der Waals surface area contributed by atoms with E-state index in [1.165, 1.54) is 11.8 Å². The number of imidazole rings is 1. The molecule has 0 unspecified atom stereocenters. The second-order valence-corrected chi connectivity index (χ2v) is 8.57. The van der Waals surface area contributed by atoms with E-state index >= 15 is 0 Å². The van der Waals surface area contributed by atoms with Crippen LogP contribution in [0.5, 0.6) is 0 Å². The molecule has 27 heavy (non-hydrogen) atoms. The van der Waals surface area contributed by atoms with Gasteiger partial charge in [0, 0.05) is 50.6 Å². The lowest BCUT2D eigenvalue weighted by atomic mass is 10.2. The number of rotatable bonds is 4. The highest BCUT2D eigenvalue weighted by atomic mass is 32.2. The fourth-order valence-corrected chi connectivity index (χ4v) is 3.69. The first-order valence-electron chi connectivity index (χ1n) is 8.89. The molecule has 1 saturated heterocycles. The van der Waals surface area contributed by atoms with Crippen LogP contribution in [0.15, 0.2) is 17.3 Å². The first-order valence-corrected chi connectivity index (χ1v) is 9.88. The van der Waals surface area contributed by atoms with Crippen molar-refractivity contribution in [2.45, 2.75) is 31.5 Å². The van der Waals surface area contributed by atoms with Gasteiger partial charge in [0.2, 0.25) is 0 Å². The number of hydrogen-bond donors (Lipinski definition) is 1. The Bertz CT molecular complexity index is 775. The van der Waals surface area contributed by atoms with Gasteiger partial charge in [0.25, 0.3) is 0 Å². The van der Waals surface area contributed by atoms with Crippen LogP contribution in [0.2, 0.25) is 0 Å².